The number of quaternary nitrogens is 1. The Bertz CT molecular complexity index is 290. The molecule has 0 aromatic heterocycles. The first kappa shape index (κ1) is 12.7. The van der Waals surface area contributed by atoms with Gasteiger partial charge in [0.15, 0.2) is 0 Å². The van der Waals surface area contributed by atoms with Crippen molar-refractivity contribution in [1.29, 1.82) is 0 Å². The summed E-state index contributed by atoms with van der Waals surface area (Å²) in [7, 11) is 0. The monoisotopic (exact) mass is 241 g/mol. The van der Waals surface area contributed by atoms with Gasteiger partial charge < -0.3 is 10.1 Å². The van der Waals surface area contributed by atoms with Crippen molar-refractivity contribution in [3.63, 3.8) is 0 Å². The van der Waals surface area contributed by atoms with E-state index in [-0.39, 0.29) is 11.6 Å². The van der Waals surface area contributed by atoms with Gasteiger partial charge in [-0.3, -0.25) is 4.90 Å². The van der Waals surface area contributed by atoms with Crippen LogP contribution in [0.5, 0.6) is 0 Å². The Morgan fingerprint density at radius 2 is 2.06 bits per heavy atom. The number of carbonyl (C=O) groups excluding carboxylic acids is 1. The number of hydrogen-bond acceptors (Lipinski definition) is 2. The summed E-state index contributed by atoms with van der Waals surface area (Å²) in [5.41, 5.74) is -0.307. The molecule has 1 spiro atoms. The number of piperidine rings is 1. The number of likely N-dealkylation sites (tertiary alicyclic amines) is 1. The molecule has 2 fully saturated rings. The highest BCUT2D eigenvalue weighted by atomic mass is 16.6. The molecule has 17 heavy (non-hydrogen) atoms. The van der Waals surface area contributed by atoms with E-state index in [2.05, 4.69) is 5.32 Å². The van der Waals surface area contributed by atoms with Gasteiger partial charge in [0.05, 0.1) is 13.1 Å². The molecule has 2 heterocycles. The number of ether oxygens (including phenoxy) is 1. The minimum atomic E-state index is -0.391. The SMILES string of the molecule is CC(C)(C)OC(=O)N1CCCC[C@]12CC[NH2+]C2. The molecule has 0 saturated carbocycles. The van der Waals surface area contributed by atoms with E-state index in [1.807, 2.05) is 25.7 Å². The lowest BCUT2D eigenvalue weighted by atomic mass is 9.86. The molecule has 0 aromatic rings. The Labute approximate surface area is 104 Å². The van der Waals surface area contributed by atoms with Crippen LogP contribution in [0, 0.1) is 0 Å². The van der Waals surface area contributed by atoms with E-state index in [1.165, 1.54) is 6.42 Å². The van der Waals surface area contributed by atoms with Crippen molar-refractivity contribution >= 4 is 6.09 Å². The first-order valence-corrected chi connectivity index (χ1v) is 6.75. The zero-order chi connectivity index (χ0) is 12.5. The molecule has 98 valence electrons. The van der Waals surface area contributed by atoms with Crippen molar-refractivity contribution < 1.29 is 14.8 Å². The van der Waals surface area contributed by atoms with E-state index in [9.17, 15) is 4.79 Å². The normalized spacial score (nSPS) is 29.7. The molecule has 1 atom stereocenters. The smallest absolute Gasteiger partial charge is 0.410 e. The topological polar surface area (TPSA) is 46.1 Å². The van der Waals surface area contributed by atoms with E-state index < -0.39 is 5.60 Å². The van der Waals surface area contributed by atoms with Crippen molar-refractivity contribution in [2.75, 3.05) is 19.6 Å². The summed E-state index contributed by atoms with van der Waals surface area (Å²) < 4.78 is 5.54. The van der Waals surface area contributed by atoms with E-state index in [0.29, 0.717) is 0 Å². The van der Waals surface area contributed by atoms with Crippen molar-refractivity contribution in [1.82, 2.24) is 4.90 Å². The van der Waals surface area contributed by atoms with E-state index in [1.54, 1.807) is 0 Å². The summed E-state index contributed by atoms with van der Waals surface area (Å²) in [4.78, 5) is 14.3. The van der Waals surface area contributed by atoms with Gasteiger partial charge in [0.25, 0.3) is 0 Å². The van der Waals surface area contributed by atoms with Gasteiger partial charge in [-0.2, -0.15) is 0 Å². The van der Waals surface area contributed by atoms with Gasteiger partial charge in [0.1, 0.15) is 11.1 Å². The predicted octanol–water partition coefficient (Wildman–Crippen LogP) is 1.11. The van der Waals surface area contributed by atoms with E-state index in [4.69, 9.17) is 4.74 Å². The largest absolute Gasteiger partial charge is 0.444 e. The first-order chi connectivity index (χ1) is 7.93. The van der Waals surface area contributed by atoms with Crippen LogP contribution >= 0.6 is 0 Å². The lowest BCUT2D eigenvalue weighted by Gasteiger charge is -2.42. The minimum absolute atomic E-state index is 0.0839. The van der Waals surface area contributed by atoms with Crippen LogP contribution in [0.25, 0.3) is 0 Å². The fourth-order valence-corrected chi connectivity index (χ4v) is 3.01. The Hall–Kier alpha value is -0.770. The highest BCUT2D eigenvalue weighted by Crippen LogP contribution is 2.32. The molecule has 2 N–H and O–H groups in total. The third kappa shape index (κ3) is 2.73. The molecule has 2 aliphatic rings. The van der Waals surface area contributed by atoms with Gasteiger partial charge in [-0.25, -0.2) is 4.79 Å². The maximum Gasteiger partial charge on any atom is 0.410 e. The quantitative estimate of drug-likeness (QED) is 0.690. The van der Waals surface area contributed by atoms with Crippen LogP contribution in [-0.2, 0) is 4.74 Å². The number of nitrogens with two attached hydrogens (primary N) is 1. The number of carbonyl (C=O) groups is 1. The highest BCUT2D eigenvalue weighted by molar-refractivity contribution is 5.69. The third-order valence-electron chi connectivity index (χ3n) is 3.80. The Kier molecular flexibility index (Phi) is 3.34. The van der Waals surface area contributed by atoms with Crippen LogP contribution in [0.1, 0.15) is 46.5 Å². The summed E-state index contributed by atoms with van der Waals surface area (Å²) in [5.74, 6) is 0. The molecule has 4 nitrogen and oxygen atoms in total. The zero-order valence-corrected chi connectivity index (χ0v) is 11.3. The third-order valence-corrected chi connectivity index (χ3v) is 3.80. The van der Waals surface area contributed by atoms with Crippen LogP contribution in [0.4, 0.5) is 4.79 Å². The molecule has 0 unspecified atom stereocenters. The van der Waals surface area contributed by atoms with Crippen LogP contribution in [0.15, 0.2) is 0 Å². The Morgan fingerprint density at radius 3 is 2.65 bits per heavy atom. The van der Waals surface area contributed by atoms with Crippen molar-refractivity contribution in [2.45, 2.75) is 57.6 Å². The molecular weight excluding hydrogens is 216 g/mol. The number of rotatable bonds is 0. The van der Waals surface area contributed by atoms with Crippen LogP contribution in [0.2, 0.25) is 0 Å². The van der Waals surface area contributed by atoms with Gasteiger partial charge in [-0.1, -0.05) is 0 Å². The molecule has 0 radical (unpaired) electrons. The Morgan fingerprint density at radius 1 is 1.29 bits per heavy atom. The molecule has 1 amide bonds. The summed E-state index contributed by atoms with van der Waals surface area (Å²) >= 11 is 0. The summed E-state index contributed by atoms with van der Waals surface area (Å²) in [6.45, 7) is 8.85. The lowest BCUT2D eigenvalue weighted by molar-refractivity contribution is -0.640. The van der Waals surface area contributed by atoms with Crippen LogP contribution in [0.3, 0.4) is 0 Å². The number of hydrogen-bond donors (Lipinski definition) is 1. The summed E-state index contributed by atoms with van der Waals surface area (Å²) in [6, 6.07) is 0. The van der Waals surface area contributed by atoms with Crippen molar-refractivity contribution in [2.24, 2.45) is 0 Å². The molecule has 2 rings (SSSR count). The number of amides is 1. The van der Waals surface area contributed by atoms with Gasteiger partial charge in [-0.15, -0.1) is 0 Å². The second-order valence-corrected chi connectivity index (χ2v) is 6.34. The average molecular weight is 241 g/mol. The molecule has 0 aromatic carbocycles. The second-order valence-electron chi connectivity index (χ2n) is 6.34. The van der Waals surface area contributed by atoms with E-state index in [0.717, 1.165) is 38.9 Å². The van der Waals surface area contributed by atoms with Gasteiger partial charge in [0, 0.05) is 13.0 Å². The molecule has 0 aliphatic carbocycles. The predicted molar refractivity (Wildman–Crippen MR) is 65.8 cm³/mol. The fourth-order valence-electron chi connectivity index (χ4n) is 3.01. The molecule has 0 bridgehead atoms. The lowest BCUT2D eigenvalue weighted by Crippen LogP contribution is -2.83. The number of nitrogens with zero attached hydrogens (tertiary/aromatic N) is 1. The zero-order valence-electron chi connectivity index (χ0n) is 11.3. The van der Waals surface area contributed by atoms with Crippen LogP contribution < -0.4 is 5.32 Å². The molecule has 2 saturated heterocycles. The average Bonchev–Trinajstić information content (AvgIpc) is 2.65. The Balaban J connectivity index is 2.08. The van der Waals surface area contributed by atoms with E-state index >= 15 is 0 Å². The molecule has 2 aliphatic heterocycles. The fraction of sp³-hybridized carbons (Fsp3) is 0.923. The summed E-state index contributed by atoms with van der Waals surface area (Å²) in [5, 5.41) is 2.32. The first-order valence-electron chi connectivity index (χ1n) is 6.75. The van der Waals surface area contributed by atoms with Crippen molar-refractivity contribution in [3.8, 4) is 0 Å². The van der Waals surface area contributed by atoms with Gasteiger partial charge >= 0.3 is 6.09 Å². The van der Waals surface area contributed by atoms with Gasteiger partial charge in [-0.05, 0) is 40.0 Å². The highest BCUT2D eigenvalue weighted by Gasteiger charge is 2.47. The molecular formula is C13H25N2O2+. The van der Waals surface area contributed by atoms with Crippen LogP contribution in [-0.4, -0.2) is 41.8 Å². The van der Waals surface area contributed by atoms with Crippen molar-refractivity contribution in [3.05, 3.63) is 0 Å². The summed E-state index contributed by atoms with van der Waals surface area (Å²) in [6.07, 6.45) is 4.50. The molecule has 4 heteroatoms. The van der Waals surface area contributed by atoms with Gasteiger partial charge in [0.2, 0.25) is 0 Å². The second kappa shape index (κ2) is 4.48. The maximum absolute atomic E-state index is 12.3. The minimum Gasteiger partial charge on any atom is -0.444 e. The maximum atomic E-state index is 12.3. The standard InChI is InChI=1S/C13H24N2O2/c1-12(2,3)17-11(16)15-9-5-4-6-13(15)7-8-14-10-13/h14H,4-10H2,1-3H3/p+1/t13-/m1/s1.